The normalized spacial score (nSPS) is 16.8. The van der Waals surface area contributed by atoms with Gasteiger partial charge in [0.05, 0.1) is 20.1 Å². The average Bonchev–Trinajstić information content (AvgIpc) is 3.36. The Bertz CT molecular complexity index is 1820. The minimum Gasteiger partial charge on any atom is -0.494 e. The minimum absolute atomic E-state index is 0.126. The Labute approximate surface area is 271 Å². The number of aryl methyl sites for hydroxylation is 3. The summed E-state index contributed by atoms with van der Waals surface area (Å²) in [6, 6.07) is 14.9. The summed E-state index contributed by atoms with van der Waals surface area (Å²) in [5, 5.41) is 18.2. The molecule has 10 nitrogen and oxygen atoms in total. The fourth-order valence-electron chi connectivity index (χ4n) is 6.28. The number of benzene rings is 3. The molecule has 0 spiro atoms. The lowest BCUT2D eigenvalue weighted by molar-refractivity contribution is -0.137. The zero-order valence-electron chi connectivity index (χ0n) is 27.3. The van der Waals surface area contributed by atoms with E-state index in [0.717, 1.165) is 47.1 Å². The first-order valence-electron chi connectivity index (χ1n) is 16.0. The summed E-state index contributed by atoms with van der Waals surface area (Å²) >= 11 is 0. The fraction of sp³-hybridized carbons (Fsp3) is 0.457. The number of carboxylic acids is 1. The van der Waals surface area contributed by atoms with Gasteiger partial charge in [-0.1, -0.05) is 62.1 Å². The van der Waals surface area contributed by atoms with Gasteiger partial charge >= 0.3 is 5.97 Å². The lowest BCUT2D eigenvalue weighted by atomic mass is 9.86. The molecule has 1 aromatic heterocycles. The Morgan fingerprint density at radius 3 is 2.61 bits per heavy atom. The van der Waals surface area contributed by atoms with Gasteiger partial charge in [0, 0.05) is 19.5 Å². The van der Waals surface area contributed by atoms with Gasteiger partial charge in [0.2, 0.25) is 10.0 Å². The quantitative estimate of drug-likeness (QED) is 0.166. The highest BCUT2D eigenvalue weighted by atomic mass is 32.2. The molecule has 0 saturated carbocycles. The second-order valence-electron chi connectivity index (χ2n) is 12.3. The van der Waals surface area contributed by atoms with Gasteiger partial charge < -0.3 is 14.6 Å². The summed E-state index contributed by atoms with van der Waals surface area (Å²) in [4.78, 5) is 12.3. The number of sulfonamides is 1. The Hall–Kier alpha value is -3.96. The standard InChI is InChI=1S/C35H44N4O6S/c1-6-7-8-9-10-11-25-13-15-33-31(16-25)45-24(3)21-39(46(33,42)43)22-28-17-26(14-12-23(28)2)29(20-34(40)41)27-18-30-35(32(19-27)44-5)38(4)37-36-30/h12-19,24,29H,6-11,20-22H2,1-5H3,(H,40,41)/t24-,29+/m0/s1. The smallest absolute Gasteiger partial charge is 0.304 e. The van der Waals surface area contributed by atoms with Crippen LogP contribution in [0.2, 0.25) is 0 Å². The lowest BCUT2D eigenvalue weighted by Crippen LogP contribution is -2.35. The largest absolute Gasteiger partial charge is 0.494 e. The summed E-state index contributed by atoms with van der Waals surface area (Å²) in [6.07, 6.45) is 6.21. The number of rotatable bonds is 13. The minimum atomic E-state index is -3.87. The molecule has 0 amide bonds. The number of carbonyl (C=O) groups is 1. The molecule has 46 heavy (non-hydrogen) atoms. The Balaban J connectivity index is 1.45. The van der Waals surface area contributed by atoms with Crippen LogP contribution in [0.3, 0.4) is 0 Å². The third kappa shape index (κ3) is 7.20. The van der Waals surface area contributed by atoms with E-state index in [-0.39, 0.29) is 30.5 Å². The molecule has 0 radical (unpaired) electrons. The number of carboxylic acid groups (broad SMARTS) is 1. The molecule has 4 aromatic rings. The molecule has 0 unspecified atom stereocenters. The number of hydrogen-bond donors (Lipinski definition) is 1. The maximum Gasteiger partial charge on any atom is 0.304 e. The fourth-order valence-corrected chi connectivity index (χ4v) is 7.87. The summed E-state index contributed by atoms with van der Waals surface area (Å²) in [7, 11) is -0.542. The number of aromatic nitrogens is 3. The number of hydrogen-bond acceptors (Lipinski definition) is 7. The van der Waals surface area contributed by atoms with Gasteiger partial charge in [-0.25, -0.2) is 13.1 Å². The van der Waals surface area contributed by atoms with Crippen molar-refractivity contribution in [2.75, 3.05) is 13.7 Å². The maximum absolute atomic E-state index is 14.1. The molecule has 0 aliphatic carbocycles. The highest BCUT2D eigenvalue weighted by molar-refractivity contribution is 7.89. The van der Waals surface area contributed by atoms with Crippen LogP contribution in [0.5, 0.6) is 11.5 Å². The van der Waals surface area contributed by atoms with Crippen LogP contribution in [-0.4, -0.2) is 58.6 Å². The van der Waals surface area contributed by atoms with Gasteiger partial charge in [0.1, 0.15) is 33.5 Å². The van der Waals surface area contributed by atoms with Gasteiger partial charge in [-0.15, -0.1) is 5.10 Å². The molecule has 246 valence electrons. The van der Waals surface area contributed by atoms with Crippen LogP contribution in [0.15, 0.2) is 53.4 Å². The van der Waals surface area contributed by atoms with Crippen molar-refractivity contribution in [1.82, 2.24) is 19.3 Å². The Morgan fingerprint density at radius 1 is 1.09 bits per heavy atom. The molecule has 2 heterocycles. The zero-order valence-corrected chi connectivity index (χ0v) is 28.1. The molecule has 1 aliphatic heterocycles. The SMILES string of the molecule is CCCCCCCc1ccc2c(c1)O[C@@H](C)CN(Cc1cc([C@@H](CC(=O)O)c3cc(OC)c4c(c3)nnn4C)ccc1C)S2(=O)=O. The van der Waals surface area contributed by atoms with Crippen LogP contribution in [0, 0.1) is 6.92 Å². The summed E-state index contributed by atoms with van der Waals surface area (Å²) in [5.74, 6) is -0.531. The van der Waals surface area contributed by atoms with Crippen LogP contribution in [0.25, 0.3) is 11.0 Å². The molecule has 0 fully saturated rings. The van der Waals surface area contributed by atoms with Crippen LogP contribution >= 0.6 is 0 Å². The van der Waals surface area contributed by atoms with Crippen molar-refractivity contribution in [2.45, 2.75) is 89.2 Å². The van der Waals surface area contributed by atoms with Gasteiger partial charge in [0.25, 0.3) is 0 Å². The third-order valence-corrected chi connectivity index (χ3v) is 10.6. The Kier molecular flexibility index (Phi) is 10.3. The molecule has 0 bridgehead atoms. The van der Waals surface area contributed by atoms with E-state index < -0.39 is 21.9 Å². The predicted molar refractivity (Wildman–Crippen MR) is 177 cm³/mol. The van der Waals surface area contributed by atoms with Crippen LogP contribution < -0.4 is 9.47 Å². The van der Waals surface area contributed by atoms with Crippen LogP contribution in [-0.2, 0) is 34.8 Å². The van der Waals surface area contributed by atoms with Gasteiger partial charge in [-0.2, -0.15) is 4.31 Å². The van der Waals surface area contributed by atoms with Crippen molar-refractivity contribution in [2.24, 2.45) is 7.05 Å². The maximum atomic E-state index is 14.1. The summed E-state index contributed by atoms with van der Waals surface area (Å²) in [5.41, 5.74) is 5.58. The number of nitrogens with zero attached hydrogens (tertiary/aromatic N) is 4. The second kappa shape index (κ2) is 14.2. The van der Waals surface area contributed by atoms with E-state index in [2.05, 4.69) is 17.2 Å². The van der Waals surface area contributed by atoms with Crippen molar-refractivity contribution in [3.05, 3.63) is 76.3 Å². The molecule has 3 aromatic carbocycles. The molecule has 0 saturated heterocycles. The second-order valence-corrected chi connectivity index (χ2v) is 14.2. The van der Waals surface area contributed by atoms with E-state index in [0.29, 0.717) is 22.5 Å². The molecular formula is C35H44N4O6S. The van der Waals surface area contributed by atoms with E-state index in [1.54, 1.807) is 24.9 Å². The highest BCUT2D eigenvalue weighted by Crippen LogP contribution is 2.37. The third-order valence-electron chi connectivity index (χ3n) is 8.79. The number of aliphatic carboxylic acids is 1. The van der Waals surface area contributed by atoms with E-state index in [1.807, 2.05) is 56.3 Å². The topological polar surface area (TPSA) is 124 Å². The molecule has 1 aliphatic rings. The van der Waals surface area contributed by atoms with E-state index in [1.165, 1.54) is 23.6 Å². The predicted octanol–water partition coefficient (Wildman–Crippen LogP) is 6.38. The zero-order chi connectivity index (χ0) is 33.0. The van der Waals surface area contributed by atoms with Crippen molar-refractivity contribution >= 4 is 27.0 Å². The Morgan fingerprint density at radius 2 is 1.87 bits per heavy atom. The van der Waals surface area contributed by atoms with Gasteiger partial charge in [-0.3, -0.25) is 4.79 Å². The van der Waals surface area contributed by atoms with E-state index in [4.69, 9.17) is 9.47 Å². The summed E-state index contributed by atoms with van der Waals surface area (Å²) in [6.45, 7) is 6.33. The first-order chi connectivity index (χ1) is 22.0. The van der Waals surface area contributed by atoms with Gasteiger partial charge in [0.15, 0.2) is 0 Å². The first kappa shape index (κ1) is 33.4. The van der Waals surface area contributed by atoms with Crippen molar-refractivity contribution in [3.63, 3.8) is 0 Å². The first-order valence-corrected chi connectivity index (χ1v) is 17.4. The molecule has 5 rings (SSSR count). The number of unbranched alkanes of at least 4 members (excludes halogenated alkanes) is 4. The monoisotopic (exact) mass is 648 g/mol. The van der Waals surface area contributed by atoms with Gasteiger partial charge in [-0.05, 0) is 78.8 Å². The van der Waals surface area contributed by atoms with Crippen LogP contribution in [0.4, 0.5) is 0 Å². The summed E-state index contributed by atoms with van der Waals surface area (Å²) < 4.78 is 43.0. The molecule has 11 heteroatoms. The molecule has 2 atom stereocenters. The lowest BCUT2D eigenvalue weighted by Gasteiger charge is -2.24. The highest BCUT2D eigenvalue weighted by Gasteiger charge is 2.34. The molecular weight excluding hydrogens is 604 g/mol. The van der Waals surface area contributed by atoms with Crippen LogP contribution in [0.1, 0.15) is 86.1 Å². The number of methoxy groups -OCH3 is 1. The molecule has 1 N–H and O–H groups in total. The van der Waals surface area contributed by atoms with Crippen molar-refractivity contribution in [3.8, 4) is 11.5 Å². The average molecular weight is 649 g/mol. The van der Waals surface area contributed by atoms with Crippen molar-refractivity contribution < 1.29 is 27.8 Å². The number of ether oxygens (including phenoxy) is 2. The van der Waals surface area contributed by atoms with Crippen molar-refractivity contribution in [1.29, 1.82) is 0 Å². The number of fused-ring (bicyclic) bond motifs is 2. The van der Waals surface area contributed by atoms with E-state index in [9.17, 15) is 18.3 Å². The van der Waals surface area contributed by atoms with E-state index >= 15 is 0 Å².